The van der Waals surface area contributed by atoms with Crippen LogP contribution in [-0.4, -0.2) is 29.2 Å². The summed E-state index contributed by atoms with van der Waals surface area (Å²) in [5.74, 6) is 0.365. The first-order valence-corrected chi connectivity index (χ1v) is 7.11. The molecule has 0 heterocycles. The van der Waals surface area contributed by atoms with E-state index in [1.165, 1.54) is 19.3 Å². The third-order valence-corrected chi connectivity index (χ3v) is 3.85. The third-order valence-electron chi connectivity index (χ3n) is 3.50. The van der Waals surface area contributed by atoms with Crippen molar-refractivity contribution in [1.82, 2.24) is 4.90 Å². The van der Waals surface area contributed by atoms with Gasteiger partial charge < -0.3 is 4.90 Å². The fraction of sp³-hybridized carbons (Fsp3) is 0.917. The van der Waals surface area contributed by atoms with Crippen LogP contribution < -0.4 is 0 Å². The molecule has 0 aromatic heterocycles. The van der Waals surface area contributed by atoms with Crippen LogP contribution in [0.2, 0.25) is 0 Å². The number of alkyl halides is 1. The highest BCUT2D eigenvalue weighted by molar-refractivity contribution is 9.09. The molecule has 1 amide bonds. The van der Waals surface area contributed by atoms with Crippen LogP contribution in [0.5, 0.6) is 0 Å². The Morgan fingerprint density at radius 3 is 2.40 bits per heavy atom. The molecule has 0 N–H and O–H groups in total. The summed E-state index contributed by atoms with van der Waals surface area (Å²) < 4.78 is 0. The number of halogens is 1. The Morgan fingerprint density at radius 1 is 1.33 bits per heavy atom. The third kappa shape index (κ3) is 3.20. The van der Waals surface area contributed by atoms with Gasteiger partial charge >= 0.3 is 0 Å². The van der Waals surface area contributed by atoms with Gasteiger partial charge in [-0.15, -0.1) is 0 Å². The van der Waals surface area contributed by atoms with E-state index in [0.29, 0.717) is 5.91 Å². The number of nitrogens with zero attached hydrogens (tertiary/aromatic N) is 1. The van der Waals surface area contributed by atoms with Crippen molar-refractivity contribution in [2.75, 3.05) is 18.4 Å². The van der Waals surface area contributed by atoms with Crippen molar-refractivity contribution in [2.24, 2.45) is 5.41 Å². The zero-order chi connectivity index (χ0) is 11.3. The molecule has 1 aliphatic carbocycles. The molecular formula is C12H22BrNO. The van der Waals surface area contributed by atoms with E-state index in [1.54, 1.807) is 0 Å². The van der Waals surface area contributed by atoms with E-state index >= 15 is 0 Å². The van der Waals surface area contributed by atoms with Crippen LogP contribution in [0.3, 0.4) is 0 Å². The summed E-state index contributed by atoms with van der Waals surface area (Å²) in [7, 11) is 0. The van der Waals surface area contributed by atoms with Gasteiger partial charge in [0.25, 0.3) is 0 Å². The normalized spacial score (nSPS) is 19.9. The maximum atomic E-state index is 12.3. The van der Waals surface area contributed by atoms with E-state index in [9.17, 15) is 4.79 Å². The van der Waals surface area contributed by atoms with Crippen LogP contribution in [0.4, 0.5) is 0 Å². The maximum absolute atomic E-state index is 12.3. The number of carbonyl (C=O) groups is 1. The van der Waals surface area contributed by atoms with Gasteiger partial charge in [0, 0.05) is 23.8 Å². The molecule has 0 spiro atoms. The molecule has 3 heteroatoms. The van der Waals surface area contributed by atoms with Crippen LogP contribution in [0.25, 0.3) is 0 Å². The van der Waals surface area contributed by atoms with Crippen LogP contribution >= 0.6 is 15.9 Å². The number of hydrogen-bond acceptors (Lipinski definition) is 1. The summed E-state index contributed by atoms with van der Waals surface area (Å²) in [6.45, 7) is 5.88. The van der Waals surface area contributed by atoms with E-state index in [-0.39, 0.29) is 5.41 Å². The quantitative estimate of drug-likeness (QED) is 0.722. The molecule has 0 saturated heterocycles. The molecular weight excluding hydrogens is 254 g/mol. The molecule has 0 atom stereocenters. The Morgan fingerprint density at radius 2 is 1.93 bits per heavy atom. The summed E-state index contributed by atoms with van der Waals surface area (Å²) >= 11 is 3.41. The zero-order valence-electron chi connectivity index (χ0n) is 9.89. The second-order valence-corrected chi connectivity index (χ2v) is 5.49. The van der Waals surface area contributed by atoms with Crippen molar-refractivity contribution >= 4 is 21.8 Å². The monoisotopic (exact) mass is 275 g/mol. The van der Waals surface area contributed by atoms with E-state index in [2.05, 4.69) is 29.8 Å². The Kier molecular flexibility index (Phi) is 5.10. The summed E-state index contributed by atoms with van der Waals surface area (Å²) in [4.78, 5) is 14.3. The van der Waals surface area contributed by atoms with Gasteiger partial charge in [-0.1, -0.05) is 42.1 Å². The lowest BCUT2D eigenvalue weighted by Crippen LogP contribution is -2.44. The molecule has 1 aliphatic rings. The molecule has 2 nitrogen and oxygen atoms in total. The van der Waals surface area contributed by atoms with Crippen LogP contribution in [0.1, 0.15) is 46.0 Å². The van der Waals surface area contributed by atoms with Gasteiger partial charge in [0.2, 0.25) is 5.91 Å². The van der Waals surface area contributed by atoms with Gasteiger partial charge in [0.15, 0.2) is 0 Å². The van der Waals surface area contributed by atoms with Crippen LogP contribution in [0.15, 0.2) is 0 Å². The summed E-state index contributed by atoms with van der Waals surface area (Å²) in [5, 5.41) is 0.878. The predicted molar refractivity (Wildman–Crippen MR) is 67.2 cm³/mol. The zero-order valence-corrected chi connectivity index (χ0v) is 11.5. The predicted octanol–water partition coefficient (Wildman–Crippen LogP) is 3.20. The second kappa shape index (κ2) is 5.88. The first-order valence-electron chi connectivity index (χ1n) is 5.99. The fourth-order valence-electron chi connectivity index (χ4n) is 2.43. The lowest BCUT2D eigenvalue weighted by molar-refractivity contribution is -0.142. The highest BCUT2D eigenvalue weighted by Crippen LogP contribution is 2.37. The fourth-order valence-corrected chi connectivity index (χ4v) is 2.86. The van der Waals surface area contributed by atoms with Crippen LogP contribution in [0, 0.1) is 5.41 Å². The molecule has 0 radical (unpaired) electrons. The Balaban J connectivity index is 2.62. The van der Waals surface area contributed by atoms with Gasteiger partial charge in [-0.3, -0.25) is 4.79 Å². The number of hydrogen-bond donors (Lipinski definition) is 0. The Bertz CT molecular complexity index is 212. The van der Waals surface area contributed by atoms with Gasteiger partial charge in [-0.05, 0) is 19.8 Å². The molecule has 0 bridgehead atoms. The molecule has 15 heavy (non-hydrogen) atoms. The average Bonchev–Trinajstić information content (AvgIpc) is 2.26. The minimum Gasteiger partial charge on any atom is -0.342 e. The summed E-state index contributed by atoms with van der Waals surface area (Å²) in [5.41, 5.74) is -0.0730. The van der Waals surface area contributed by atoms with E-state index < -0.39 is 0 Å². The van der Waals surface area contributed by atoms with Crippen molar-refractivity contribution in [3.8, 4) is 0 Å². The van der Waals surface area contributed by atoms with E-state index in [0.717, 1.165) is 31.3 Å². The smallest absolute Gasteiger partial charge is 0.228 e. The van der Waals surface area contributed by atoms with E-state index in [4.69, 9.17) is 0 Å². The molecule has 1 saturated carbocycles. The van der Waals surface area contributed by atoms with Gasteiger partial charge in [-0.25, -0.2) is 0 Å². The van der Waals surface area contributed by atoms with Crippen molar-refractivity contribution in [1.29, 1.82) is 0 Å². The van der Waals surface area contributed by atoms with E-state index in [1.807, 2.05) is 4.90 Å². The number of carbonyl (C=O) groups excluding carboxylic acids is 1. The van der Waals surface area contributed by atoms with Gasteiger partial charge in [0.05, 0.1) is 0 Å². The van der Waals surface area contributed by atoms with Crippen molar-refractivity contribution in [3.05, 3.63) is 0 Å². The number of rotatable bonds is 4. The Hall–Kier alpha value is -0.0500. The van der Waals surface area contributed by atoms with Crippen molar-refractivity contribution in [3.63, 3.8) is 0 Å². The average molecular weight is 276 g/mol. The lowest BCUT2D eigenvalue weighted by atomic mass is 9.74. The second-order valence-electron chi connectivity index (χ2n) is 4.70. The first kappa shape index (κ1) is 13.0. The van der Waals surface area contributed by atoms with Crippen molar-refractivity contribution < 1.29 is 4.79 Å². The minimum absolute atomic E-state index is 0.0730. The molecule has 0 aliphatic heterocycles. The SMILES string of the molecule is CCN(CCBr)C(=O)C1(C)CCCCC1. The van der Waals surface area contributed by atoms with Gasteiger partial charge in [-0.2, -0.15) is 0 Å². The Labute approximate surface area is 102 Å². The molecule has 0 aromatic rings. The number of amides is 1. The van der Waals surface area contributed by atoms with Gasteiger partial charge in [0.1, 0.15) is 0 Å². The molecule has 88 valence electrons. The molecule has 1 fully saturated rings. The maximum Gasteiger partial charge on any atom is 0.228 e. The highest BCUT2D eigenvalue weighted by atomic mass is 79.9. The highest BCUT2D eigenvalue weighted by Gasteiger charge is 2.36. The van der Waals surface area contributed by atoms with Crippen LogP contribution in [-0.2, 0) is 4.79 Å². The molecule has 0 unspecified atom stereocenters. The summed E-state index contributed by atoms with van der Waals surface area (Å²) in [6.07, 6.45) is 5.88. The first-order chi connectivity index (χ1) is 7.14. The molecule has 0 aromatic carbocycles. The standard InChI is InChI=1S/C12H22BrNO/c1-3-14(10-9-13)11(15)12(2)7-5-4-6-8-12/h3-10H2,1-2H3. The largest absolute Gasteiger partial charge is 0.342 e. The minimum atomic E-state index is -0.0730. The van der Waals surface area contributed by atoms with Crippen molar-refractivity contribution in [2.45, 2.75) is 46.0 Å². The molecule has 1 rings (SSSR count). The topological polar surface area (TPSA) is 20.3 Å². The summed E-state index contributed by atoms with van der Waals surface area (Å²) in [6, 6.07) is 0. The lowest BCUT2D eigenvalue weighted by Gasteiger charge is -2.36.